The molecule has 11 heavy (non-hydrogen) atoms. The number of hydrogen-bond acceptors (Lipinski definition) is 1. The Hall–Kier alpha value is -0.740. The van der Waals surface area contributed by atoms with Crippen molar-refractivity contribution in [2.24, 2.45) is 5.92 Å². The molecule has 0 N–H and O–H groups in total. The highest BCUT2D eigenvalue weighted by Crippen LogP contribution is 2.13. The molecular weight excluding hydrogens is 152 g/mol. The fourth-order valence-corrected chi connectivity index (χ4v) is 1.39. The van der Waals surface area contributed by atoms with Crippen molar-refractivity contribution in [3.05, 3.63) is 21.9 Å². The summed E-state index contributed by atoms with van der Waals surface area (Å²) in [7, 11) is 0. The molecule has 1 aromatic heterocycles. The van der Waals surface area contributed by atoms with Gasteiger partial charge in [0.25, 0.3) is 0 Å². The van der Waals surface area contributed by atoms with Gasteiger partial charge in [0, 0.05) is 16.4 Å². The third kappa shape index (κ3) is 2.40. The zero-order valence-corrected chi connectivity index (χ0v) is 7.96. The number of thiophene rings is 1. The number of hydrogen-bond donors (Lipinski definition) is 0. The van der Waals surface area contributed by atoms with E-state index in [9.17, 15) is 0 Å². The predicted octanol–water partition coefficient (Wildman–Crippen LogP) is 3.06. The van der Waals surface area contributed by atoms with Gasteiger partial charge >= 0.3 is 0 Å². The van der Waals surface area contributed by atoms with Crippen molar-refractivity contribution in [1.82, 2.24) is 0 Å². The van der Waals surface area contributed by atoms with Crippen molar-refractivity contribution in [3.8, 4) is 11.8 Å². The first-order valence-electron chi connectivity index (χ1n) is 3.76. The van der Waals surface area contributed by atoms with Crippen LogP contribution in [0.1, 0.15) is 24.3 Å². The monoisotopic (exact) mass is 164 g/mol. The second-order valence-electron chi connectivity index (χ2n) is 2.81. The van der Waals surface area contributed by atoms with Crippen LogP contribution in [-0.2, 0) is 0 Å². The van der Waals surface area contributed by atoms with E-state index >= 15 is 0 Å². The molecule has 1 rings (SSSR count). The van der Waals surface area contributed by atoms with Crippen LogP contribution < -0.4 is 0 Å². The average molecular weight is 164 g/mol. The standard InChI is InChI=1S/C10H12S/c1-8(2)4-5-10-6-7-11-9(10)3/h6-8H,1-3H3. The third-order valence-electron chi connectivity index (χ3n) is 1.35. The van der Waals surface area contributed by atoms with Gasteiger partial charge in [0.1, 0.15) is 0 Å². The first-order valence-corrected chi connectivity index (χ1v) is 4.63. The number of aryl methyl sites for hydroxylation is 1. The summed E-state index contributed by atoms with van der Waals surface area (Å²) >= 11 is 1.75. The van der Waals surface area contributed by atoms with E-state index in [-0.39, 0.29) is 0 Å². The van der Waals surface area contributed by atoms with Crippen LogP contribution in [-0.4, -0.2) is 0 Å². The Morgan fingerprint density at radius 1 is 1.45 bits per heavy atom. The first-order chi connectivity index (χ1) is 5.20. The highest BCUT2D eigenvalue weighted by molar-refractivity contribution is 7.10. The fraction of sp³-hybridized carbons (Fsp3) is 0.400. The second kappa shape index (κ2) is 3.59. The van der Waals surface area contributed by atoms with Gasteiger partial charge in [-0.15, -0.1) is 11.3 Å². The summed E-state index contributed by atoms with van der Waals surface area (Å²) in [5.74, 6) is 6.77. The van der Waals surface area contributed by atoms with E-state index in [0.29, 0.717) is 5.92 Å². The van der Waals surface area contributed by atoms with Gasteiger partial charge in [0.2, 0.25) is 0 Å². The van der Waals surface area contributed by atoms with Crippen LogP contribution in [0.2, 0.25) is 0 Å². The topological polar surface area (TPSA) is 0 Å². The molecule has 0 nitrogen and oxygen atoms in total. The summed E-state index contributed by atoms with van der Waals surface area (Å²) in [5, 5.41) is 2.08. The number of rotatable bonds is 0. The van der Waals surface area contributed by atoms with Gasteiger partial charge in [-0.1, -0.05) is 25.7 Å². The molecule has 1 heteroatoms. The lowest BCUT2D eigenvalue weighted by Crippen LogP contribution is -1.78. The van der Waals surface area contributed by atoms with Crippen LogP contribution >= 0.6 is 11.3 Å². The maximum Gasteiger partial charge on any atom is 0.0381 e. The summed E-state index contributed by atoms with van der Waals surface area (Å²) in [6.07, 6.45) is 0. The van der Waals surface area contributed by atoms with Gasteiger partial charge in [-0.2, -0.15) is 0 Å². The van der Waals surface area contributed by atoms with Gasteiger partial charge in [0.15, 0.2) is 0 Å². The fourth-order valence-electron chi connectivity index (χ4n) is 0.737. The van der Waals surface area contributed by atoms with E-state index in [4.69, 9.17) is 0 Å². The van der Waals surface area contributed by atoms with Crippen LogP contribution in [0.5, 0.6) is 0 Å². The van der Waals surface area contributed by atoms with E-state index in [1.807, 2.05) is 0 Å². The molecule has 0 aliphatic rings. The zero-order valence-electron chi connectivity index (χ0n) is 7.14. The van der Waals surface area contributed by atoms with Crippen molar-refractivity contribution >= 4 is 11.3 Å². The summed E-state index contributed by atoms with van der Waals surface area (Å²) in [5.41, 5.74) is 1.18. The first kappa shape index (κ1) is 8.36. The zero-order chi connectivity index (χ0) is 8.27. The predicted molar refractivity (Wildman–Crippen MR) is 50.8 cm³/mol. The van der Waals surface area contributed by atoms with Crippen molar-refractivity contribution in [2.75, 3.05) is 0 Å². The Kier molecular flexibility index (Phi) is 2.73. The quantitative estimate of drug-likeness (QED) is 0.517. The van der Waals surface area contributed by atoms with Crippen LogP contribution in [0.3, 0.4) is 0 Å². The molecule has 0 fully saturated rings. The molecule has 0 bridgehead atoms. The average Bonchev–Trinajstić information content (AvgIpc) is 2.31. The lowest BCUT2D eigenvalue weighted by atomic mass is 10.2. The van der Waals surface area contributed by atoms with E-state index in [0.717, 1.165) is 0 Å². The Morgan fingerprint density at radius 3 is 2.64 bits per heavy atom. The minimum absolute atomic E-state index is 0.467. The van der Waals surface area contributed by atoms with Crippen molar-refractivity contribution < 1.29 is 0 Å². The summed E-state index contributed by atoms with van der Waals surface area (Å²) < 4.78 is 0. The van der Waals surface area contributed by atoms with E-state index in [2.05, 4.69) is 44.1 Å². The van der Waals surface area contributed by atoms with Gasteiger partial charge in [-0.05, 0) is 18.4 Å². The summed E-state index contributed by atoms with van der Waals surface area (Å²) in [6.45, 7) is 6.32. The van der Waals surface area contributed by atoms with Gasteiger partial charge in [-0.3, -0.25) is 0 Å². The Morgan fingerprint density at radius 2 is 2.18 bits per heavy atom. The van der Waals surface area contributed by atoms with Gasteiger partial charge in [0.05, 0.1) is 0 Å². The molecule has 0 amide bonds. The molecule has 0 saturated heterocycles. The molecule has 1 aromatic rings. The summed E-state index contributed by atoms with van der Waals surface area (Å²) in [6, 6.07) is 2.08. The molecule has 1 heterocycles. The second-order valence-corrected chi connectivity index (χ2v) is 3.93. The minimum Gasteiger partial charge on any atom is -0.148 e. The Labute approximate surface area is 72.3 Å². The highest BCUT2D eigenvalue weighted by atomic mass is 32.1. The minimum atomic E-state index is 0.467. The summed E-state index contributed by atoms with van der Waals surface area (Å²) in [4.78, 5) is 1.32. The SMILES string of the molecule is Cc1sccc1C#CC(C)C. The van der Waals surface area contributed by atoms with E-state index in [1.165, 1.54) is 10.4 Å². The van der Waals surface area contributed by atoms with Crippen molar-refractivity contribution in [2.45, 2.75) is 20.8 Å². The normalized spacial score (nSPS) is 9.45. The molecule has 58 valence electrons. The molecular formula is C10H12S. The molecule has 0 saturated carbocycles. The molecule has 0 unspecified atom stereocenters. The highest BCUT2D eigenvalue weighted by Gasteiger charge is 1.93. The third-order valence-corrected chi connectivity index (χ3v) is 2.20. The molecule has 0 aliphatic heterocycles. The van der Waals surface area contributed by atoms with Crippen molar-refractivity contribution in [3.63, 3.8) is 0 Å². The Balaban J connectivity index is 2.81. The maximum atomic E-state index is 3.15. The Bertz CT molecular complexity index is 283. The lowest BCUT2D eigenvalue weighted by molar-refractivity contribution is 0.866. The van der Waals surface area contributed by atoms with Gasteiger partial charge < -0.3 is 0 Å². The molecule has 0 atom stereocenters. The van der Waals surface area contributed by atoms with E-state index < -0.39 is 0 Å². The van der Waals surface area contributed by atoms with Crippen LogP contribution in [0.4, 0.5) is 0 Å². The van der Waals surface area contributed by atoms with Crippen molar-refractivity contribution in [1.29, 1.82) is 0 Å². The van der Waals surface area contributed by atoms with Crippen LogP contribution in [0, 0.1) is 24.7 Å². The van der Waals surface area contributed by atoms with E-state index in [1.54, 1.807) is 11.3 Å². The molecule has 0 aromatic carbocycles. The molecule has 0 aliphatic carbocycles. The van der Waals surface area contributed by atoms with Crippen LogP contribution in [0.25, 0.3) is 0 Å². The molecule has 0 radical (unpaired) electrons. The lowest BCUT2D eigenvalue weighted by Gasteiger charge is -1.87. The van der Waals surface area contributed by atoms with Gasteiger partial charge in [-0.25, -0.2) is 0 Å². The largest absolute Gasteiger partial charge is 0.148 e. The maximum absolute atomic E-state index is 3.15. The van der Waals surface area contributed by atoms with Crippen LogP contribution in [0.15, 0.2) is 11.4 Å². The molecule has 0 spiro atoms. The smallest absolute Gasteiger partial charge is 0.0381 e.